The molecule has 1 unspecified atom stereocenters. The molecule has 0 spiro atoms. The van der Waals surface area contributed by atoms with Crippen molar-refractivity contribution in [3.05, 3.63) is 59.5 Å². The maximum Gasteiger partial charge on any atom is 0.254 e. The molecule has 1 aliphatic heterocycles. The van der Waals surface area contributed by atoms with Crippen molar-refractivity contribution in [1.29, 1.82) is 0 Å². The third-order valence-electron chi connectivity index (χ3n) is 4.95. The SMILES string of the molecule is CC(=O)Nc1cc(C(=O)N2CCCC2c2nnc3ccccn23)ccc1C. The lowest BCUT2D eigenvalue weighted by Crippen LogP contribution is -2.31. The van der Waals surface area contributed by atoms with Gasteiger partial charge in [0.15, 0.2) is 11.5 Å². The normalized spacial score (nSPS) is 16.7. The Morgan fingerprint density at radius 2 is 2.04 bits per heavy atom. The number of likely N-dealkylation sites (tertiary alicyclic amines) is 1. The molecule has 3 aromatic rings. The smallest absolute Gasteiger partial charge is 0.254 e. The van der Waals surface area contributed by atoms with Gasteiger partial charge in [-0.25, -0.2) is 0 Å². The van der Waals surface area contributed by atoms with Gasteiger partial charge in [0.2, 0.25) is 5.91 Å². The summed E-state index contributed by atoms with van der Waals surface area (Å²) < 4.78 is 1.94. The lowest BCUT2D eigenvalue weighted by Gasteiger charge is -2.24. The summed E-state index contributed by atoms with van der Waals surface area (Å²) in [7, 11) is 0. The molecule has 3 heterocycles. The number of hydrogen-bond acceptors (Lipinski definition) is 4. The van der Waals surface area contributed by atoms with Crippen molar-refractivity contribution in [2.24, 2.45) is 0 Å². The second kappa shape index (κ2) is 6.83. The van der Waals surface area contributed by atoms with Crippen molar-refractivity contribution in [2.75, 3.05) is 11.9 Å². The Hall–Kier alpha value is -3.22. The van der Waals surface area contributed by atoms with Gasteiger partial charge in [0.25, 0.3) is 5.91 Å². The summed E-state index contributed by atoms with van der Waals surface area (Å²) in [5.74, 6) is 0.569. The van der Waals surface area contributed by atoms with Crippen LogP contribution in [0, 0.1) is 6.92 Å². The number of amides is 2. The molecule has 1 aliphatic rings. The number of nitrogens with zero attached hydrogens (tertiary/aromatic N) is 4. The van der Waals surface area contributed by atoms with Gasteiger partial charge in [-0.3, -0.25) is 14.0 Å². The van der Waals surface area contributed by atoms with Gasteiger partial charge in [0.05, 0.1) is 6.04 Å². The van der Waals surface area contributed by atoms with Gasteiger partial charge in [-0.2, -0.15) is 0 Å². The number of carbonyl (C=O) groups is 2. The Balaban J connectivity index is 1.66. The Labute approximate surface area is 157 Å². The van der Waals surface area contributed by atoms with Gasteiger partial charge >= 0.3 is 0 Å². The highest BCUT2D eigenvalue weighted by Crippen LogP contribution is 2.33. The maximum absolute atomic E-state index is 13.2. The quantitative estimate of drug-likeness (QED) is 0.776. The Kier molecular flexibility index (Phi) is 4.35. The predicted octanol–water partition coefficient (Wildman–Crippen LogP) is 2.97. The van der Waals surface area contributed by atoms with E-state index < -0.39 is 0 Å². The van der Waals surface area contributed by atoms with Crippen LogP contribution in [0.25, 0.3) is 5.65 Å². The second-order valence-corrected chi connectivity index (χ2v) is 6.85. The van der Waals surface area contributed by atoms with E-state index in [1.54, 1.807) is 12.1 Å². The fourth-order valence-electron chi connectivity index (χ4n) is 3.61. The number of nitrogens with one attached hydrogen (secondary N) is 1. The van der Waals surface area contributed by atoms with Crippen LogP contribution in [-0.2, 0) is 4.79 Å². The zero-order valence-corrected chi connectivity index (χ0v) is 15.3. The molecule has 7 heteroatoms. The monoisotopic (exact) mass is 363 g/mol. The molecule has 2 amide bonds. The second-order valence-electron chi connectivity index (χ2n) is 6.85. The first-order valence-electron chi connectivity index (χ1n) is 9.03. The molecule has 4 rings (SSSR count). The molecule has 0 aliphatic carbocycles. The third kappa shape index (κ3) is 3.16. The van der Waals surface area contributed by atoms with E-state index >= 15 is 0 Å². The molecule has 27 heavy (non-hydrogen) atoms. The molecule has 7 nitrogen and oxygen atoms in total. The lowest BCUT2D eigenvalue weighted by atomic mass is 10.1. The number of aromatic nitrogens is 3. The molecule has 2 aromatic heterocycles. The molecular formula is C20H21N5O2. The Morgan fingerprint density at radius 1 is 1.19 bits per heavy atom. The molecular weight excluding hydrogens is 342 g/mol. The number of aryl methyl sites for hydroxylation is 1. The number of fused-ring (bicyclic) bond motifs is 1. The highest BCUT2D eigenvalue weighted by molar-refractivity contribution is 5.97. The van der Waals surface area contributed by atoms with Gasteiger partial charge in [-0.15, -0.1) is 10.2 Å². The van der Waals surface area contributed by atoms with E-state index in [9.17, 15) is 9.59 Å². The van der Waals surface area contributed by atoms with E-state index in [1.807, 2.05) is 46.7 Å². The number of anilines is 1. The molecule has 1 saturated heterocycles. The largest absolute Gasteiger partial charge is 0.328 e. The number of carbonyl (C=O) groups excluding carboxylic acids is 2. The van der Waals surface area contributed by atoms with Crippen molar-refractivity contribution in [3.63, 3.8) is 0 Å². The van der Waals surface area contributed by atoms with Crippen LogP contribution < -0.4 is 5.32 Å². The number of hydrogen-bond donors (Lipinski definition) is 1. The van der Waals surface area contributed by atoms with Gasteiger partial charge < -0.3 is 10.2 Å². The minimum atomic E-state index is -0.156. The van der Waals surface area contributed by atoms with Gasteiger partial charge in [-0.1, -0.05) is 12.1 Å². The van der Waals surface area contributed by atoms with Crippen molar-refractivity contribution in [3.8, 4) is 0 Å². The zero-order chi connectivity index (χ0) is 19.0. The molecule has 1 atom stereocenters. The molecule has 1 aromatic carbocycles. The summed E-state index contributed by atoms with van der Waals surface area (Å²) in [6.07, 6.45) is 3.70. The average Bonchev–Trinajstić information content (AvgIpc) is 3.28. The van der Waals surface area contributed by atoms with Gasteiger partial charge in [0, 0.05) is 30.9 Å². The van der Waals surface area contributed by atoms with Crippen molar-refractivity contribution >= 4 is 23.1 Å². The van der Waals surface area contributed by atoms with E-state index in [4.69, 9.17) is 0 Å². The van der Waals surface area contributed by atoms with Gasteiger partial charge in [0.1, 0.15) is 0 Å². The van der Waals surface area contributed by atoms with Gasteiger partial charge in [-0.05, 0) is 49.6 Å². The highest BCUT2D eigenvalue weighted by atomic mass is 16.2. The van der Waals surface area contributed by atoms with Crippen LogP contribution in [0.4, 0.5) is 5.69 Å². The van der Waals surface area contributed by atoms with E-state index in [1.165, 1.54) is 6.92 Å². The molecule has 0 radical (unpaired) electrons. The minimum Gasteiger partial charge on any atom is -0.328 e. The van der Waals surface area contributed by atoms with Crippen molar-refractivity contribution < 1.29 is 9.59 Å². The summed E-state index contributed by atoms with van der Waals surface area (Å²) >= 11 is 0. The predicted molar refractivity (Wildman–Crippen MR) is 101 cm³/mol. The highest BCUT2D eigenvalue weighted by Gasteiger charge is 2.33. The molecule has 0 saturated carbocycles. The summed E-state index contributed by atoms with van der Waals surface area (Å²) in [5, 5.41) is 11.3. The fourth-order valence-corrected chi connectivity index (χ4v) is 3.61. The molecule has 1 fully saturated rings. The molecule has 1 N–H and O–H groups in total. The average molecular weight is 363 g/mol. The van der Waals surface area contributed by atoms with Crippen LogP contribution in [0.5, 0.6) is 0 Å². The summed E-state index contributed by atoms with van der Waals surface area (Å²) in [5.41, 5.74) is 2.92. The maximum atomic E-state index is 13.2. The first-order chi connectivity index (χ1) is 13.0. The fraction of sp³-hybridized carbons (Fsp3) is 0.300. The van der Waals surface area contributed by atoms with Crippen LogP contribution in [0.15, 0.2) is 42.6 Å². The van der Waals surface area contributed by atoms with Crippen LogP contribution >= 0.6 is 0 Å². The van der Waals surface area contributed by atoms with Crippen LogP contribution in [-0.4, -0.2) is 37.9 Å². The summed E-state index contributed by atoms with van der Waals surface area (Å²) in [6, 6.07) is 11.0. The zero-order valence-electron chi connectivity index (χ0n) is 15.3. The van der Waals surface area contributed by atoms with E-state index in [2.05, 4.69) is 15.5 Å². The summed E-state index contributed by atoms with van der Waals surface area (Å²) in [6.45, 7) is 4.04. The standard InChI is InChI=1S/C20H21N5O2/c1-13-8-9-15(12-16(13)21-14(2)26)20(27)24-11-5-6-17(24)19-23-22-18-7-3-4-10-25(18)19/h3-4,7-10,12,17H,5-6,11H2,1-2H3,(H,21,26). The third-order valence-corrected chi connectivity index (χ3v) is 4.95. The van der Waals surface area contributed by atoms with Crippen molar-refractivity contribution in [1.82, 2.24) is 19.5 Å². The Bertz CT molecular complexity index is 1030. The number of rotatable bonds is 3. The van der Waals surface area contributed by atoms with Crippen LogP contribution in [0.2, 0.25) is 0 Å². The number of pyridine rings is 1. The summed E-state index contributed by atoms with van der Waals surface area (Å²) in [4.78, 5) is 26.5. The topological polar surface area (TPSA) is 79.6 Å². The van der Waals surface area contributed by atoms with E-state index in [0.717, 1.165) is 29.9 Å². The number of benzene rings is 1. The molecule has 0 bridgehead atoms. The van der Waals surface area contributed by atoms with Crippen LogP contribution in [0.1, 0.15) is 47.6 Å². The minimum absolute atomic E-state index is 0.0585. The van der Waals surface area contributed by atoms with E-state index in [0.29, 0.717) is 17.8 Å². The van der Waals surface area contributed by atoms with Crippen LogP contribution in [0.3, 0.4) is 0 Å². The first kappa shape index (κ1) is 17.2. The Morgan fingerprint density at radius 3 is 2.85 bits per heavy atom. The van der Waals surface area contributed by atoms with Crippen molar-refractivity contribution in [2.45, 2.75) is 32.7 Å². The molecule has 138 valence electrons. The van der Waals surface area contributed by atoms with E-state index in [-0.39, 0.29) is 17.9 Å². The lowest BCUT2D eigenvalue weighted by molar-refractivity contribution is -0.114. The first-order valence-corrected chi connectivity index (χ1v) is 9.03.